The van der Waals surface area contributed by atoms with E-state index < -0.39 is 6.04 Å². The van der Waals surface area contributed by atoms with E-state index in [0.717, 1.165) is 22.0 Å². The maximum Gasteiger partial charge on any atom is 0.271 e. The molecule has 9 nitrogen and oxygen atoms in total. The summed E-state index contributed by atoms with van der Waals surface area (Å²) in [6, 6.07) is 25.2. The minimum atomic E-state index is -0.866. The van der Waals surface area contributed by atoms with E-state index in [4.69, 9.17) is 42.4 Å². The first-order chi connectivity index (χ1) is 24.7. The summed E-state index contributed by atoms with van der Waals surface area (Å²) in [5.41, 5.74) is 4.43. The Morgan fingerprint density at radius 3 is 2.33 bits per heavy atom. The van der Waals surface area contributed by atoms with Crippen molar-refractivity contribution in [3.8, 4) is 17.2 Å². The van der Waals surface area contributed by atoms with Crippen molar-refractivity contribution in [2.75, 3.05) is 26.6 Å². The molecule has 1 atom stereocenters. The van der Waals surface area contributed by atoms with Gasteiger partial charge in [-0.2, -0.15) is 0 Å². The molecule has 0 fully saturated rings. The highest BCUT2D eigenvalue weighted by Crippen LogP contribution is 2.42. The normalized spacial score (nSPS) is 14.3. The van der Waals surface area contributed by atoms with E-state index in [1.807, 2.05) is 66.9 Å². The van der Waals surface area contributed by atoms with Crippen molar-refractivity contribution in [1.82, 2.24) is 9.13 Å². The predicted molar refractivity (Wildman–Crippen MR) is 202 cm³/mol. The summed E-state index contributed by atoms with van der Waals surface area (Å²) in [5, 5.41) is 5.09. The van der Waals surface area contributed by atoms with Crippen LogP contribution in [-0.2, 0) is 11.3 Å². The molecule has 7 rings (SSSR count). The third kappa shape index (κ3) is 6.42. The van der Waals surface area contributed by atoms with Crippen molar-refractivity contribution in [2.45, 2.75) is 19.5 Å². The van der Waals surface area contributed by atoms with Gasteiger partial charge in [-0.25, -0.2) is 4.99 Å². The number of hydrogen-bond acceptors (Lipinski definition) is 7. The molecule has 1 aliphatic rings. The van der Waals surface area contributed by atoms with Gasteiger partial charge in [-0.3, -0.25) is 14.2 Å². The summed E-state index contributed by atoms with van der Waals surface area (Å²) in [6.45, 7) is 2.28. The summed E-state index contributed by atoms with van der Waals surface area (Å²) >= 11 is 14.0. The molecule has 1 amide bonds. The topological polar surface area (TPSA) is 96.1 Å². The average Bonchev–Trinajstić information content (AvgIpc) is 3.63. The monoisotopic (exact) mass is 738 g/mol. The molecular weight excluding hydrogens is 707 g/mol. The Labute approximate surface area is 307 Å². The van der Waals surface area contributed by atoms with Crippen LogP contribution in [0.25, 0.3) is 17.0 Å². The lowest BCUT2D eigenvalue weighted by atomic mass is 9.94. The van der Waals surface area contributed by atoms with E-state index >= 15 is 0 Å². The molecule has 258 valence electrons. The fourth-order valence-corrected chi connectivity index (χ4v) is 7.91. The number of aromatic nitrogens is 2. The van der Waals surface area contributed by atoms with E-state index in [1.165, 1.54) is 32.7 Å². The molecule has 0 saturated carbocycles. The Morgan fingerprint density at radius 2 is 1.65 bits per heavy atom. The largest absolute Gasteiger partial charge is 0.493 e. The van der Waals surface area contributed by atoms with E-state index in [9.17, 15) is 9.59 Å². The number of carbonyl (C=O) groups excluding carboxylic acids is 1. The number of carbonyl (C=O) groups is 1. The number of benzene rings is 4. The van der Waals surface area contributed by atoms with Crippen LogP contribution in [-0.4, -0.2) is 36.4 Å². The average molecular weight is 740 g/mol. The Hall–Kier alpha value is -5.29. The lowest BCUT2D eigenvalue weighted by molar-refractivity contribution is -0.113. The zero-order valence-electron chi connectivity index (χ0n) is 28.1. The first-order valence-corrected chi connectivity index (χ1v) is 17.5. The lowest BCUT2D eigenvalue weighted by Gasteiger charge is -2.26. The lowest BCUT2D eigenvalue weighted by Crippen LogP contribution is -2.40. The molecule has 0 unspecified atom stereocenters. The molecule has 0 radical (unpaired) electrons. The summed E-state index contributed by atoms with van der Waals surface area (Å²) in [4.78, 5) is 33.9. The van der Waals surface area contributed by atoms with Crippen LogP contribution in [0.2, 0.25) is 10.0 Å². The van der Waals surface area contributed by atoms with Crippen molar-refractivity contribution in [3.63, 3.8) is 0 Å². The third-order valence-corrected chi connectivity index (χ3v) is 10.3. The van der Waals surface area contributed by atoms with Crippen LogP contribution in [0.15, 0.2) is 112 Å². The highest BCUT2D eigenvalue weighted by atomic mass is 35.5. The number of allylic oxidation sites excluding steroid dienone is 1. The maximum atomic E-state index is 14.6. The Morgan fingerprint density at radius 1 is 0.941 bits per heavy atom. The fourth-order valence-electron chi connectivity index (χ4n) is 6.40. The third-order valence-electron chi connectivity index (χ3n) is 8.76. The molecule has 6 aromatic rings. The van der Waals surface area contributed by atoms with Gasteiger partial charge in [-0.05, 0) is 66.6 Å². The van der Waals surface area contributed by atoms with Gasteiger partial charge in [0.05, 0.1) is 43.2 Å². The molecule has 3 heterocycles. The second kappa shape index (κ2) is 14.1. The van der Waals surface area contributed by atoms with Crippen LogP contribution in [0.5, 0.6) is 17.2 Å². The van der Waals surface area contributed by atoms with E-state index in [1.54, 1.807) is 41.8 Å². The number of para-hydroxylation sites is 2. The minimum absolute atomic E-state index is 0.299. The van der Waals surface area contributed by atoms with E-state index in [2.05, 4.69) is 9.88 Å². The van der Waals surface area contributed by atoms with E-state index in [-0.39, 0.29) is 11.5 Å². The number of ether oxygens (including phenoxy) is 3. The number of anilines is 1. The van der Waals surface area contributed by atoms with Gasteiger partial charge in [0.15, 0.2) is 16.3 Å². The van der Waals surface area contributed by atoms with Crippen LogP contribution in [0.3, 0.4) is 0 Å². The van der Waals surface area contributed by atoms with Crippen LogP contribution in [0, 0.1) is 0 Å². The van der Waals surface area contributed by atoms with Gasteiger partial charge in [-0.1, -0.05) is 77.0 Å². The van der Waals surface area contributed by atoms with Crippen LogP contribution >= 0.6 is 34.5 Å². The number of rotatable bonds is 9. The van der Waals surface area contributed by atoms with Crippen molar-refractivity contribution < 1.29 is 19.0 Å². The van der Waals surface area contributed by atoms with Crippen molar-refractivity contribution in [1.29, 1.82) is 0 Å². The molecule has 1 aliphatic heterocycles. The van der Waals surface area contributed by atoms with Gasteiger partial charge in [-0.15, -0.1) is 0 Å². The first kappa shape index (κ1) is 34.2. The summed E-state index contributed by atoms with van der Waals surface area (Å²) < 4.78 is 21.1. The number of methoxy groups -OCH3 is 3. The number of nitrogens with one attached hydrogen (secondary N) is 1. The highest BCUT2D eigenvalue weighted by molar-refractivity contribution is 7.07. The summed E-state index contributed by atoms with van der Waals surface area (Å²) in [7, 11) is 4.56. The predicted octanol–water partition coefficient (Wildman–Crippen LogP) is 7.21. The number of thiazole rings is 1. The molecule has 0 saturated heterocycles. The Balaban J connectivity index is 1.40. The molecular formula is C39H32Cl2N4O5S. The summed E-state index contributed by atoms with van der Waals surface area (Å²) in [5.74, 6) is 0.780. The Kier molecular flexibility index (Phi) is 9.48. The molecule has 0 aliphatic carbocycles. The molecule has 12 heteroatoms. The van der Waals surface area contributed by atoms with Crippen LogP contribution < -0.4 is 34.4 Å². The van der Waals surface area contributed by atoms with Crippen LogP contribution in [0.1, 0.15) is 29.7 Å². The van der Waals surface area contributed by atoms with Gasteiger partial charge in [0, 0.05) is 44.9 Å². The first-order valence-electron chi connectivity index (χ1n) is 15.9. The number of fused-ring (bicyclic) bond motifs is 2. The van der Waals surface area contributed by atoms with Crippen molar-refractivity contribution >= 4 is 63.1 Å². The van der Waals surface area contributed by atoms with Gasteiger partial charge in [0.1, 0.15) is 0 Å². The van der Waals surface area contributed by atoms with Gasteiger partial charge >= 0.3 is 0 Å². The number of nitrogens with zero attached hydrogens (tertiary/aromatic N) is 3. The number of amides is 1. The quantitative estimate of drug-likeness (QED) is 0.169. The molecule has 4 aromatic carbocycles. The van der Waals surface area contributed by atoms with Gasteiger partial charge < -0.3 is 24.1 Å². The smallest absolute Gasteiger partial charge is 0.271 e. The molecule has 2 aromatic heterocycles. The SMILES string of the molecule is COc1cc([C@@H]2C(C(=O)Nc3ccccc3)=C(C)N=c3s/c(=C\c4cn(Cc5ccc(Cl)cc5Cl)c5ccccc45)c(=O)n32)cc(OC)c1OC. The molecule has 51 heavy (non-hydrogen) atoms. The van der Waals surface area contributed by atoms with E-state index in [0.29, 0.717) is 65.7 Å². The zero-order valence-corrected chi connectivity index (χ0v) is 30.4. The minimum Gasteiger partial charge on any atom is -0.493 e. The van der Waals surface area contributed by atoms with Crippen LogP contribution in [0.4, 0.5) is 5.69 Å². The number of halogens is 2. The molecule has 0 spiro atoms. The second-order valence-corrected chi connectivity index (χ2v) is 13.7. The summed E-state index contributed by atoms with van der Waals surface area (Å²) in [6.07, 6.45) is 3.88. The van der Waals surface area contributed by atoms with Gasteiger partial charge in [0.25, 0.3) is 11.5 Å². The zero-order chi connectivity index (χ0) is 35.8. The van der Waals surface area contributed by atoms with Gasteiger partial charge in [0.2, 0.25) is 5.75 Å². The van der Waals surface area contributed by atoms with Crippen molar-refractivity contribution in [2.24, 2.45) is 4.99 Å². The van der Waals surface area contributed by atoms with Crippen molar-refractivity contribution in [3.05, 3.63) is 149 Å². The number of hydrogen-bond donors (Lipinski definition) is 1. The highest BCUT2D eigenvalue weighted by Gasteiger charge is 2.34. The maximum absolute atomic E-state index is 14.6. The molecule has 0 bridgehead atoms. The Bertz CT molecular complexity index is 2510. The standard InChI is InChI=1S/C39H32Cl2N4O5S/c1-22-34(37(46)43-27-10-6-5-7-11-27)35(24-16-31(48-2)36(50-4)32(17-24)49-3)45-38(47)33(51-39(45)42-22)18-25-21-44(30-13-9-8-12-28(25)30)20-23-14-15-26(40)19-29(23)41/h5-19,21,35H,20H2,1-4H3,(H,43,46)/b33-18-/t35-/m1/s1. The molecule has 1 N–H and O–H groups in total. The fraction of sp³-hybridized carbons (Fsp3) is 0.154. The second-order valence-electron chi connectivity index (χ2n) is 11.8.